The zero-order valence-electron chi connectivity index (χ0n) is 8.47. The van der Waals surface area contributed by atoms with Crippen LogP contribution in [0, 0.1) is 10.1 Å². The fourth-order valence-electron chi connectivity index (χ4n) is 1.22. The molecule has 0 aliphatic rings. The molecule has 0 N–H and O–H groups in total. The van der Waals surface area contributed by atoms with E-state index in [1.54, 1.807) is 7.05 Å². The quantitative estimate of drug-likeness (QED) is 0.523. The molecule has 0 aliphatic heterocycles. The molecule has 1 heterocycles. The van der Waals surface area contributed by atoms with Gasteiger partial charge in [-0.2, -0.15) is 4.68 Å². The van der Waals surface area contributed by atoms with E-state index in [4.69, 9.17) is 0 Å². The van der Waals surface area contributed by atoms with Crippen molar-refractivity contribution in [1.82, 2.24) is 14.8 Å². The van der Waals surface area contributed by atoms with E-state index in [9.17, 15) is 10.1 Å². The summed E-state index contributed by atoms with van der Waals surface area (Å²) in [6, 6.07) is 0. The molecule has 1 aromatic rings. The van der Waals surface area contributed by atoms with Gasteiger partial charge in [0.25, 0.3) is 0 Å². The summed E-state index contributed by atoms with van der Waals surface area (Å²) in [6.07, 6.45) is 0. The van der Waals surface area contributed by atoms with Gasteiger partial charge in [-0.05, 0) is 23.8 Å². The Hall–Kier alpha value is -1.66. The van der Waals surface area contributed by atoms with Crippen LogP contribution in [0.25, 0.3) is 0 Å². The lowest BCUT2D eigenvalue weighted by atomic mass is 10.5. The lowest BCUT2D eigenvalue weighted by Crippen LogP contribution is -2.25. The van der Waals surface area contributed by atoms with Crippen molar-refractivity contribution >= 4 is 11.9 Å². The summed E-state index contributed by atoms with van der Waals surface area (Å²) < 4.78 is 1.42. The van der Waals surface area contributed by atoms with E-state index in [0.717, 1.165) is 13.1 Å². The van der Waals surface area contributed by atoms with E-state index in [1.165, 1.54) is 4.68 Å². The van der Waals surface area contributed by atoms with Crippen LogP contribution >= 0.6 is 0 Å². The summed E-state index contributed by atoms with van der Waals surface area (Å²) in [5, 5.41) is 14.1. The van der Waals surface area contributed by atoms with Gasteiger partial charge in [0, 0.05) is 25.2 Å². The van der Waals surface area contributed by atoms with Crippen LogP contribution in [0.5, 0.6) is 0 Å². The first-order chi connectivity index (χ1) is 6.60. The molecule has 0 unspecified atom stereocenters. The average molecular weight is 199 g/mol. The number of anilines is 1. The predicted octanol–water partition coefficient (Wildman–Crippen LogP) is 0.569. The normalized spacial score (nSPS) is 10.2. The average Bonchev–Trinajstić information content (AvgIpc) is 2.51. The highest BCUT2D eigenvalue weighted by Crippen LogP contribution is 2.13. The molecule has 0 atom stereocenters. The molecule has 1 rings (SSSR count). The molecule has 0 aliphatic carbocycles. The van der Waals surface area contributed by atoms with Crippen molar-refractivity contribution < 1.29 is 4.92 Å². The molecule has 0 aromatic carbocycles. The van der Waals surface area contributed by atoms with Gasteiger partial charge in [0.1, 0.15) is 0 Å². The molecule has 7 nitrogen and oxygen atoms in total. The monoisotopic (exact) mass is 199 g/mol. The number of nitrogens with zero attached hydrogens (tertiary/aromatic N) is 5. The van der Waals surface area contributed by atoms with Crippen molar-refractivity contribution in [2.24, 2.45) is 7.05 Å². The van der Waals surface area contributed by atoms with Crippen molar-refractivity contribution in [3.63, 3.8) is 0 Å². The van der Waals surface area contributed by atoms with Crippen LogP contribution in [0.4, 0.5) is 11.9 Å². The molecule has 1 aromatic heterocycles. The van der Waals surface area contributed by atoms with Crippen LogP contribution in [-0.2, 0) is 7.05 Å². The summed E-state index contributed by atoms with van der Waals surface area (Å²) in [5.74, 6) is 0.177. The first-order valence-corrected chi connectivity index (χ1v) is 4.40. The van der Waals surface area contributed by atoms with Crippen LogP contribution in [0.15, 0.2) is 0 Å². The molecule has 0 bridgehead atoms. The van der Waals surface area contributed by atoms with Gasteiger partial charge in [0.05, 0.1) is 0 Å². The molecule has 14 heavy (non-hydrogen) atoms. The number of nitro groups is 1. The van der Waals surface area contributed by atoms with Gasteiger partial charge in [-0.15, -0.1) is 0 Å². The molecule has 0 saturated heterocycles. The molecule has 0 spiro atoms. The van der Waals surface area contributed by atoms with E-state index in [-0.39, 0.29) is 5.95 Å². The second kappa shape index (κ2) is 4.03. The Kier molecular flexibility index (Phi) is 3.00. The maximum atomic E-state index is 10.4. The van der Waals surface area contributed by atoms with E-state index < -0.39 is 4.92 Å². The van der Waals surface area contributed by atoms with Crippen LogP contribution in [-0.4, -0.2) is 32.8 Å². The van der Waals surface area contributed by atoms with E-state index >= 15 is 0 Å². The zero-order valence-corrected chi connectivity index (χ0v) is 8.47. The second-order valence-electron chi connectivity index (χ2n) is 2.76. The number of rotatable bonds is 4. The summed E-state index contributed by atoms with van der Waals surface area (Å²) in [7, 11) is 1.65. The molecule has 0 fully saturated rings. The van der Waals surface area contributed by atoms with Gasteiger partial charge < -0.3 is 15.0 Å². The van der Waals surface area contributed by atoms with E-state index in [2.05, 4.69) is 10.1 Å². The molecule has 0 amide bonds. The zero-order chi connectivity index (χ0) is 10.7. The Balaban J connectivity index is 3.02. The Morgan fingerprint density at radius 2 is 2.07 bits per heavy atom. The van der Waals surface area contributed by atoms with Crippen LogP contribution in [0.1, 0.15) is 13.8 Å². The highest BCUT2D eigenvalue weighted by atomic mass is 16.6. The Bertz CT molecular complexity index is 331. The summed E-state index contributed by atoms with van der Waals surface area (Å²) >= 11 is 0. The van der Waals surface area contributed by atoms with Crippen LogP contribution in [0.2, 0.25) is 0 Å². The number of aryl methyl sites for hydroxylation is 1. The fraction of sp³-hybridized carbons (Fsp3) is 0.714. The fourth-order valence-corrected chi connectivity index (χ4v) is 1.22. The third-order valence-corrected chi connectivity index (χ3v) is 1.94. The molecular formula is C7H13N5O2. The summed E-state index contributed by atoms with van der Waals surface area (Å²) in [4.78, 5) is 15.6. The van der Waals surface area contributed by atoms with Gasteiger partial charge in [-0.1, -0.05) is 0 Å². The van der Waals surface area contributed by atoms with E-state index in [0.29, 0.717) is 5.95 Å². The standard InChI is InChI=1S/C7H13N5O2/c1-4-11(5-2)7-8-6(12(13)14)9-10(7)3/h4-5H2,1-3H3. The Labute approximate surface area is 81.5 Å². The minimum atomic E-state index is -0.590. The van der Waals surface area contributed by atoms with Crippen molar-refractivity contribution in [3.05, 3.63) is 10.1 Å². The van der Waals surface area contributed by atoms with Crippen molar-refractivity contribution in [1.29, 1.82) is 0 Å². The van der Waals surface area contributed by atoms with Gasteiger partial charge in [0.15, 0.2) is 0 Å². The Morgan fingerprint density at radius 3 is 2.43 bits per heavy atom. The third-order valence-electron chi connectivity index (χ3n) is 1.94. The molecular weight excluding hydrogens is 186 g/mol. The van der Waals surface area contributed by atoms with E-state index in [1.807, 2.05) is 18.7 Å². The summed E-state index contributed by atoms with van der Waals surface area (Å²) in [5.41, 5.74) is 0. The number of hydrogen-bond donors (Lipinski definition) is 0. The Morgan fingerprint density at radius 1 is 1.50 bits per heavy atom. The third kappa shape index (κ3) is 1.81. The lowest BCUT2D eigenvalue weighted by Gasteiger charge is -2.14. The number of hydrogen-bond acceptors (Lipinski definition) is 5. The minimum absolute atomic E-state index is 0.352. The maximum absolute atomic E-state index is 10.4. The van der Waals surface area contributed by atoms with Gasteiger partial charge >= 0.3 is 11.9 Å². The lowest BCUT2D eigenvalue weighted by molar-refractivity contribution is -0.394. The first kappa shape index (κ1) is 10.4. The highest BCUT2D eigenvalue weighted by Gasteiger charge is 2.22. The van der Waals surface area contributed by atoms with Crippen molar-refractivity contribution in [3.8, 4) is 0 Å². The molecule has 0 radical (unpaired) electrons. The molecule has 7 heteroatoms. The van der Waals surface area contributed by atoms with Crippen LogP contribution < -0.4 is 4.90 Å². The largest absolute Gasteiger partial charge is 0.493 e. The maximum Gasteiger partial charge on any atom is 0.493 e. The van der Waals surface area contributed by atoms with Gasteiger partial charge in [-0.25, -0.2) is 0 Å². The first-order valence-electron chi connectivity index (χ1n) is 4.40. The SMILES string of the molecule is CCN(CC)c1nc([N+](=O)[O-])nn1C. The molecule has 0 saturated carbocycles. The number of aromatic nitrogens is 3. The van der Waals surface area contributed by atoms with Gasteiger partial charge in [-0.3, -0.25) is 0 Å². The second-order valence-corrected chi connectivity index (χ2v) is 2.76. The van der Waals surface area contributed by atoms with Crippen molar-refractivity contribution in [2.75, 3.05) is 18.0 Å². The molecule has 78 valence electrons. The van der Waals surface area contributed by atoms with Crippen LogP contribution in [0.3, 0.4) is 0 Å². The van der Waals surface area contributed by atoms with Gasteiger partial charge in [0.2, 0.25) is 0 Å². The minimum Gasteiger partial charge on any atom is -0.390 e. The highest BCUT2D eigenvalue weighted by molar-refractivity contribution is 5.32. The van der Waals surface area contributed by atoms with Crippen molar-refractivity contribution in [2.45, 2.75) is 13.8 Å². The topological polar surface area (TPSA) is 77.1 Å². The smallest absolute Gasteiger partial charge is 0.390 e. The predicted molar refractivity (Wildman–Crippen MR) is 51.2 cm³/mol. The summed E-state index contributed by atoms with van der Waals surface area (Å²) in [6.45, 7) is 5.43.